The van der Waals surface area contributed by atoms with Crippen molar-refractivity contribution in [3.63, 3.8) is 0 Å². The minimum absolute atomic E-state index is 0.230. The fourth-order valence-electron chi connectivity index (χ4n) is 3.64. The van der Waals surface area contributed by atoms with Crippen LogP contribution in [-0.4, -0.2) is 37.1 Å². The van der Waals surface area contributed by atoms with Gasteiger partial charge in [-0.15, -0.1) is 0 Å². The summed E-state index contributed by atoms with van der Waals surface area (Å²) in [7, 11) is 3.18. The lowest BCUT2D eigenvalue weighted by Gasteiger charge is -2.08. The lowest BCUT2D eigenvalue weighted by atomic mass is 10.0. The van der Waals surface area contributed by atoms with E-state index in [2.05, 4.69) is 9.98 Å². The standard InChI is InChI=1S/C24H20N4O2/c1-4-19-20-13-22(29-2)21(28-20)11-17-8-7-15(26-17)9-14-5-6-16(25-14)10-18-12-23(30-3)24(19)27-18/h5-13H,4H2,1-3H3/i12D. The highest BCUT2D eigenvalue weighted by Crippen LogP contribution is 2.31. The molecule has 6 nitrogen and oxygen atoms in total. The van der Waals surface area contributed by atoms with Gasteiger partial charge < -0.3 is 9.47 Å². The Morgan fingerprint density at radius 2 is 1.43 bits per heavy atom. The average molecular weight is 397 g/mol. The molecule has 30 heavy (non-hydrogen) atoms. The molecule has 5 heterocycles. The Morgan fingerprint density at radius 3 is 2.10 bits per heavy atom. The SMILES string of the molecule is [2H]C1=C(OC)C2=C(CC)C3=NC(=CC4=NC(=CC5=NC(=CC1=N2)C=C5)C=C4)C(OC)=C3. The van der Waals surface area contributed by atoms with Gasteiger partial charge in [-0.2, -0.15) is 0 Å². The smallest absolute Gasteiger partial charge is 0.147 e. The first-order valence-corrected chi connectivity index (χ1v) is 9.71. The minimum Gasteiger partial charge on any atom is -0.494 e. The van der Waals surface area contributed by atoms with E-state index < -0.39 is 0 Å². The van der Waals surface area contributed by atoms with Gasteiger partial charge in [-0.1, -0.05) is 6.92 Å². The molecule has 0 spiro atoms. The number of fused-ring (bicyclic) bond motifs is 4. The van der Waals surface area contributed by atoms with Crippen molar-refractivity contribution in [2.45, 2.75) is 13.3 Å². The second-order valence-electron chi connectivity index (χ2n) is 6.95. The Labute approximate surface area is 176 Å². The summed E-state index contributed by atoms with van der Waals surface area (Å²) in [6.45, 7) is 2.03. The molecule has 6 heteroatoms. The number of allylic oxidation sites excluding steroid dienone is 10. The highest BCUT2D eigenvalue weighted by atomic mass is 16.5. The van der Waals surface area contributed by atoms with Crippen molar-refractivity contribution in [1.29, 1.82) is 0 Å². The lowest BCUT2D eigenvalue weighted by Crippen LogP contribution is -2.02. The molecule has 0 saturated heterocycles. The zero-order chi connectivity index (χ0) is 21.5. The van der Waals surface area contributed by atoms with Crippen molar-refractivity contribution in [2.24, 2.45) is 20.0 Å². The highest BCUT2D eigenvalue weighted by molar-refractivity contribution is 6.16. The molecule has 0 N–H and O–H groups in total. The van der Waals surface area contributed by atoms with Gasteiger partial charge in [0.05, 0.1) is 49.8 Å². The van der Waals surface area contributed by atoms with Gasteiger partial charge in [0.25, 0.3) is 0 Å². The third kappa shape index (κ3) is 3.16. The Balaban J connectivity index is 1.76. The maximum absolute atomic E-state index is 8.58. The van der Waals surface area contributed by atoms with E-state index in [1.54, 1.807) is 20.3 Å². The zero-order valence-corrected chi connectivity index (χ0v) is 16.9. The summed E-state index contributed by atoms with van der Waals surface area (Å²) in [6.07, 6.45) is 15.9. The van der Waals surface area contributed by atoms with E-state index in [1.807, 2.05) is 49.5 Å². The molecule has 0 fully saturated rings. The first-order chi connectivity index (χ1) is 15.1. The Morgan fingerprint density at radius 1 is 0.767 bits per heavy atom. The van der Waals surface area contributed by atoms with E-state index in [9.17, 15) is 0 Å². The molecule has 0 amide bonds. The number of hydrogen-bond donors (Lipinski definition) is 0. The molecule has 0 aromatic rings. The number of methoxy groups -OCH3 is 2. The van der Waals surface area contributed by atoms with Gasteiger partial charge in [0.15, 0.2) is 0 Å². The summed E-state index contributed by atoms with van der Waals surface area (Å²) in [5, 5.41) is 0. The maximum atomic E-state index is 8.58. The number of nitrogens with zero attached hydrogens (tertiary/aromatic N) is 4. The van der Waals surface area contributed by atoms with Crippen LogP contribution in [0.5, 0.6) is 0 Å². The van der Waals surface area contributed by atoms with Crippen LogP contribution >= 0.6 is 0 Å². The molecule has 0 radical (unpaired) electrons. The van der Waals surface area contributed by atoms with Crippen LogP contribution in [0.15, 0.2) is 115 Å². The van der Waals surface area contributed by atoms with Crippen LogP contribution in [0.1, 0.15) is 14.7 Å². The second kappa shape index (κ2) is 7.22. The van der Waals surface area contributed by atoms with Gasteiger partial charge in [0.2, 0.25) is 0 Å². The van der Waals surface area contributed by atoms with E-state index in [0.29, 0.717) is 35.0 Å². The quantitative estimate of drug-likeness (QED) is 0.712. The van der Waals surface area contributed by atoms with Crippen LogP contribution in [0.4, 0.5) is 0 Å². The Hall–Kier alpha value is -3.80. The first kappa shape index (κ1) is 17.1. The molecule has 5 aliphatic heterocycles. The number of ether oxygens (including phenoxy) is 2. The third-order valence-corrected chi connectivity index (χ3v) is 5.05. The summed E-state index contributed by atoms with van der Waals surface area (Å²) in [6, 6.07) is 0.230. The van der Waals surface area contributed by atoms with Crippen molar-refractivity contribution in [3.05, 3.63) is 94.5 Å². The molecule has 0 aromatic heterocycles. The second-order valence-corrected chi connectivity index (χ2v) is 6.95. The fourth-order valence-corrected chi connectivity index (χ4v) is 3.64. The van der Waals surface area contributed by atoms with Gasteiger partial charge in [0.1, 0.15) is 22.9 Å². The predicted molar refractivity (Wildman–Crippen MR) is 120 cm³/mol. The molecule has 5 aliphatic rings. The van der Waals surface area contributed by atoms with Crippen molar-refractivity contribution < 1.29 is 10.8 Å². The predicted octanol–water partition coefficient (Wildman–Crippen LogP) is 4.31. The Kier molecular flexibility index (Phi) is 4.12. The summed E-state index contributed by atoms with van der Waals surface area (Å²) >= 11 is 0. The summed E-state index contributed by atoms with van der Waals surface area (Å²) in [5.74, 6) is 1.09. The number of hydrogen-bond acceptors (Lipinski definition) is 6. The van der Waals surface area contributed by atoms with Crippen molar-refractivity contribution in [2.75, 3.05) is 14.2 Å². The van der Waals surface area contributed by atoms with Gasteiger partial charge in [-0.05, 0) is 49.0 Å². The summed E-state index contributed by atoms with van der Waals surface area (Å²) < 4.78 is 19.7. The fraction of sp³-hybridized carbons (Fsp3) is 0.167. The van der Waals surface area contributed by atoms with Gasteiger partial charge >= 0.3 is 0 Å². The maximum Gasteiger partial charge on any atom is 0.147 e. The first-order valence-electron chi connectivity index (χ1n) is 10.2. The van der Waals surface area contributed by atoms with Gasteiger partial charge in [-0.25, -0.2) is 20.0 Å². The monoisotopic (exact) mass is 397 g/mol. The zero-order valence-electron chi connectivity index (χ0n) is 17.9. The minimum atomic E-state index is 0.230. The molecule has 0 saturated carbocycles. The summed E-state index contributed by atoms with van der Waals surface area (Å²) in [5.41, 5.74) is 6.56. The van der Waals surface area contributed by atoms with Crippen LogP contribution < -0.4 is 0 Å². The molecule has 8 bridgehead atoms. The third-order valence-electron chi connectivity index (χ3n) is 5.05. The Bertz CT molecular complexity index is 1270. The molecular formula is C24H20N4O2. The van der Waals surface area contributed by atoms with E-state index in [1.165, 1.54) is 0 Å². The molecule has 0 atom stereocenters. The van der Waals surface area contributed by atoms with E-state index in [-0.39, 0.29) is 6.05 Å². The lowest BCUT2D eigenvalue weighted by molar-refractivity contribution is 0.301. The van der Waals surface area contributed by atoms with Crippen LogP contribution in [0.3, 0.4) is 0 Å². The van der Waals surface area contributed by atoms with Crippen LogP contribution in [0, 0.1) is 0 Å². The topological polar surface area (TPSA) is 67.9 Å². The molecule has 148 valence electrons. The van der Waals surface area contributed by atoms with Gasteiger partial charge in [0, 0.05) is 17.7 Å². The highest BCUT2D eigenvalue weighted by Gasteiger charge is 2.25. The van der Waals surface area contributed by atoms with Crippen molar-refractivity contribution in [1.82, 2.24) is 0 Å². The molecule has 0 unspecified atom stereocenters. The van der Waals surface area contributed by atoms with E-state index in [4.69, 9.17) is 20.8 Å². The largest absolute Gasteiger partial charge is 0.494 e. The van der Waals surface area contributed by atoms with E-state index >= 15 is 0 Å². The normalized spacial score (nSPS) is 22.2. The van der Waals surface area contributed by atoms with Crippen LogP contribution in [0.25, 0.3) is 0 Å². The number of rotatable bonds is 3. The molecular weight excluding hydrogens is 376 g/mol. The number of aliphatic imine (C=N–C) groups is 4. The van der Waals surface area contributed by atoms with Crippen LogP contribution in [-0.2, 0) is 9.47 Å². The molecule has 5 rings (SSSR count). The van der Waals surface area contributed by atoms with Crippen LogP contribution in [0.2, 0.25) is 0 Å². The summed E-state index contributed by atoms with van der Waals surface area (Å²) in [4.78, 5) is 18.8. The van der Waals surface area contributed by atoms with Crippen molar-refractivity contribution in [3.8, 4) is 0 Å². The van der Waals surface area contributed by atoms with Gasteiger partial charge in [-0.3, -0.25) is 0 Å². The van der Waals surface area contributed by atoms with E-state index in [0.717, 1.165) is 34.1 Å². The molecule has 0 aromatic carbocycles. The average Bonchev–Trinajstić information content (AvgIpc) is 3.53. The van der Waals surface area contributed by atoms with Crippen molar-refractivity contribution >= 4 is 22.8 Å². The molecule has 0 aliphatic carbocycles.